The van der Waals surface area contributed by atoms with E-state index in [0.29, 0.717) is 12.0 Å². The summed E-state index contributed by atoms with van der Waals surface area (Å²) in [5.74, 6) is -0.698. The summed E-state index contributed by atoms with van der Waals surface area (Å²) >= 11 is 11.8. The van der Waals surface area contributed by atoms with Crippen LogP contribution in [0, 0.1) is 12.8 Å². The van der Waals surface area contributed by atoms with Crippen molar-refractivity contribution in [2.24, 2.45) is 5.92 Å². The summed E-state index contributed by atoms with van der Waals surface area (Å²) in [5, 5.41) is 0. The van der Waals surface area contributed by atoms with Crippen LogP contribution < -0.4 is 0 Å². The molecule has 0 spiro atoms. The normalized spacial score (nSPS) is 19.9. The van der Waals surface area contributed by atoms with Crippen LogP contribution in [-0.2, 0) is 10.0 Å². The van der Waals surface area contributed by atoms with E-state index in [1.54, 1.807) is 12.1 Å². The molecule has 1 heterocycles. The summed E-state index contributed by atoms with van der Waals surface area (Å²) in [6.07, 6.45) is 3.06. The number of rotatable bonds is 4. The molecule has 116 valence electrons. The van der Waals surface area contributed by atoms with Gasteiger partial charge in [0.2, 0.25) is 0 Å². The maximum Gasteiger partial charge on any atom is 0.267 e. The zero-order chi connectivity index (χ0) is 16.1. The molecule has 1 aliphatic rings. The number of carbonyl (C=O) groups is 1. The second-order valence-electron chi connectivity index (χ2n) is 5.43. The van der Waals surface area contributed by atoms with Gasteiger partial charge in [0.25, 0.3) is 10.0 Å². The fourth-order valence-corrected chi connectivity index (χ4v) is 3.91. The summed E-state index contributed by atoms with van der Waals surface area (Å²) in [5.41, 5.74) is 1.26. The first-order valence-electron chi connectivity index (χ1n) is 6.64. The molecule has 0 bridgehead atoms. The second-order valence-corrected chi connectivity index (χ2v) is 8.82. The minimum Gasteiger partial charge on any atom is -0.294 e. The monoisotopic (exact) mass is 357 g/mol. The lowest BCUT2D eigenvalue weighted by Gasteiger charge is -2.05. The molecular weight excluding hydrogens is 345 g/mol. The standard InChI is InChI=1S/C15H13Cl2NO3S/c1-10-2-4-12(5-3-10)22(20,21)18-7-6-11(9-18)14(19)13-8-15(13,16)17/h2-7,9,13H,8H2,1H3. The topological polar surface area (TPSA) is 56.1 Å². The number of hydrogen-bond donors (Lipinski definition) is 0. The number of carbonyl (C=O) groups excluding carboxylic acids is 1. The molecule has 3 rings (SSSR count). The van der Waals surface area contributed by atoms with Crippen LogP contribution in [0.5, 0.6) is 0 Å². The Balaban J connectivity index is 1.90. The van der Waals surface area contributed by atoms with E-state index in [4.69, 9.17) is 23.2 Å². The summed E-state index contributed by atoms with van der Waals surface area (Å²) in [6, 6.07) is 7.99. The van der Waals surface area contributed by atoms with E-state index in [-0.39, 0.29) is 10.7 Å². The minimum absolute atomic E-state index is 0.170. The summed E-state index contributed by atoms with van der Waals surface area (Å²) < 4.78 is 25.0. The number of Topliss-reactive ketones (excluding diaryl/α,β-unsaturated/α-hetero) is 1. The van der Waals surface area contributed by atoms with Crippen molar-refractivity contribution in [1.82, 2.24) is 3.97 Å². The van der Waals surface area contributed by atoms with Crippen molar-refractivity contribution in [3.05, 3.63) is 53.9 Å². The summed E-state index contributed by atoms with van der Waals surface area (Å²) in [6.45, 7) is 1.88. The SMILES string of the molecule is Cc1ccc(S(=O)(=O)n2ccc(C(=O)C3CC3(Cl)Cl)c2)cc1. The van der Waals surface area contributed by atoms with Crippen LogP contribution in [0.4, 0.5) is 0 Å². The highest BCUT2D eigenvalue weighted by molar-refractivity contribution is 7.90. The molecule has 0 aliphatic heterocycles. The van der Waals surface area contributed by atoms with Gasteiger partial charge in [-0.2, -0.15) is 0 Å². The van der Waals surface area contributed by atoms with E-state index < -0.39 is 20.3 Å². The number of hydrogen-bond acceptors (Lipinski definition) is 3. The van der Waals surface area contributed by atoms with Gasteiger partial charge in [0.1, 0.15) is 4.33 Å². The molecule has 1 saturated carbocycles. The third-order valence-electron chi connectivity index (χ3n) is 3.69. The number of aromatic nitrogens is 1. The van der Waals surface area contributed by atoms with Gasteiger partial charge in [-0.1, -0.05) is 17.7 Å². The highest BCUT2D eigenvalue weighted by atomic mass is 35.5. The molecule has 4 nitrogen and oxygen atoms in total. The Labute approximate surface area is 138 Å². The quantitative estimate of drug-likeness (QED) is 0.622. The van der Waals surface area contributed by atoms with Crippen molar-refractivity contribution in [2.75, 3.05) is 0 Å². The van der Waals surface area contributed by atoms with Gasteiger partial charge in [0.05, 0.1) is 10.8 Å². The third-order valence-corrected chi connectivity index (χ3v) is 6.18. The molecule has 0 N–H and O–H groups in total. The van der Waals surface area contributed by atoms with Gasteiger partial charge in [-0.25, -0.2) is 12.4 Å². The maximum absolute atomic E-state index is 12.5. The highest BCUT2D eigenvalue weighted by Gasteiger charge is 2.56. The number of halogens is 2. The Morgan fingerprint density at radius 3 is 2.36 bits per heavy atom. The molecule has 0 saturated heterocycles. The number of nitrogens with zero attached hydrogens (tertiary/aromatic N) is 1. The van der Waals surface area contributed by atoms with Crippen LogP contribution in [0.2, 0.25) is 0 Å². The Hall–Kier alpha value is -1.30. The molecule has 1 fully saturated rings. The fourth-order valence-electron chi connectivity index (χ4n) is 2.20. The number of alkyl halides is 2. The van der Waals surface area contributed by atoms with Crippen LogP contribution in [-0.4, -0.2) is 22.5 Å². The average molecular weight is 358 g/mol. The predicted molar refractivity (Wildman–Crippen MR) is 85.1 cm³/mol. The van der Waals surface area contributed by atoms with Crippen molar-refractivity contribution in [2.45, 2.75) is 22.6 Å². The first-order valence-corrected chi connectivity index (χ1v) is 8.84. The molecule has 1 atom stereocenters. The second kappa shape index (κ2) is 5.11. The van der Waals surface area contributed by atoms with Crippen molar-refractivity contribution in [1.29, 1.82) is 0 Å². The summed E-state index contributed by atoms with van der Waals surface area (Å²) in [4.78, 5) is 12.3. The lowest BCUT2D eigenvalue weighted by atomic mass is 10.1. The highest BCUT2D eigenvalue weighted by Crippen LogP contribution is 2.54. The molecule has 1 aromatic carbocycles. The lowest BCUT2D eigenvalue weighted by Crippen LogP contribution is -2.11. The molecule has 7 heteroatoms. The Morgan fingerprint density at radius 2 is 1.82 bits per heavy atom. The van der Waals surface area contributed by atoms with Gasteiger partial charge >= 0.3 is 0 Å². The molecule has 2 aromatic rings. The van der Waals surface area contributed by atoms with E-state index in [1.165, 1.54) is 30.6 Å². The van der Waals surface area contributed by atoms with E-state index in [9.17, 15) is 13.2 Å². The molecular formula is C15H13Cl2NO3S. The summed E-state index contributed by atoms with van der Waals surface area (Å²) in [7, 11) is -3.70. The van der Waals surface area contributed by atoms with Gasteiger partial charge in [0.15, 0.2) is 5.78 Å². The van der Waals surface area contributed by atoms with Gasteiger partial charge in [-0.3, -0.25) is 4.79 Å². The molecule has 22 heavy (non-hydrogen) atoms. The van der Waals surface area contributed by atoms with E-state index in [2.05, 4.69) is 0 Å². The van der Waals surface area contributed by atoms with Crippen LogP contribution >= 0.6 is 23.2 Å². The minimum atomic E-state index is -3.70. The number of aryl methyl sites for hydroxylation is 1. The molecule has 0 radical (unpaired) electrons. The Morgan fingerprint density at radius 1 is 1.23 bits per heavy atom. The van der Waals surface area contributed by atoms with Gasteiger partial charge in [0, 0.05) is 18.0 Å². The van der Waals surface area contributed by atoms with E-state index in [0.717, 1.165) is 9.54 Å². The van der Waals surface area contributed by atoms with Crippen molar-refractivity contribution in [3.63, 3.8) is 0 Å². The number of ketones is 1. The number of benzene rings is 1. The van der Waals surface area contributed by atoms with E-state index in [1.807, 2.05) is 6.92 Å². The van der Waals surface area contributed by atoms with Crippen LogP contribution in [0.1, 0.15) is 22.3 Å². The smallest absolute Gasteiger partial charge is 0.267 e. The zero-order valence-corrected chi connectivity index (χ0v) is 14.0. The van der Waals surface area contributed by atoms with Gasteiger partial charge in [-0.05, 0) is 31.5 Å². The predicted octanol–water partition coefficient (Wildman–Crippen LogP) is 3.41. The molecule has 1 aliphatic carbocycles. The Kier molecular flexibility index (Phi) is 3.62. The van der Waals surface area contributed by atoms with E-state index >= 15 is 0 Å². The average Bonchev–Trinajstić information content (AvgIpc) is 2.90. The van der Waals surface area contributed by atoms with Crippen LogP contribution in [0.3, 0.4) is 0 Å². The first kappa shape index (κ1) is 15.6. The van der Waals surface area contributed by atoms with Crippen LogP contribution in [0.15, 0.2) is 47.6 Å². The van der Waals surface area contributed by atoms with Gasteiger partial charge < -0.3 is 0 Å². The Bertz CT molecular complexity index is 838. The zero-order valence-electron chi connectivity index (χ0n) is 11.7. The third kappa shape index (κ3) is 2.69. The van der Waals surface area contributed by atoms with Crippen molar-refractivity contribution >= 4 is 39.0 Å². The maximum atomic E-state index is 12.5. The fraction of sp³-hybridized carbons (Fsp3) is 0.267. The van der Waals surface area contributed by atoms with Gasteiger partial charge in [-0.15, -0.1) is 23.2 Å². The molecule has 1 unspecified atom stereocenters. The van der Waals surface area contributed by atoms with Crippen LogP contribution in [0.25, 0.3) is 0 Å². The van der Waals surface area contributed by atoms with Crippen molar-refractivity contribution < 1.29 is 13.2 Å². The molecule has 0 amide bonds. The molecule has 1 aromatic heterocycles. The lowest BCUT2D eigenvalue weighted by molar-refractivity contribution is 0.0967. The van der Waals surface area contributed by atoms with Crippen molar-refractivity contribution in [3.8, 4) is 0 Å². The first-order chi connectivity index (χ1) is 10.2. The largest absolute Gasteiger partial charge is 0.294 e.